The molecule has 134 valence electrons. The molecule has 1 amide bonds. The molecule has 0 atom stereocenters. The van der Waals surface area contributed by atoms with Crippen LogP contribution >= 0.6 is 0 Å². The Labute approximate surface area is 153 Å². The van der Waals surface area contributed by atoms with E-state index in [1.807, 2.05) is 24.3 Å². The molecule has 1 fully saturated rings. The summed E-state index contributed by atoms with van der Waals surface area (Å²) in [5, 5.41) is 11.9. The van der Waals surface area contributed by atoms with Gasteiger partial charge < -0.3 is 19.9 Å². The van der Waals surface area contributed by atoms with Crippen LogP contribution in [-0.2, 0) is 0 Å². The molecule has 1 N–H and O–H groups in total. The van der Waals surface area contributed by atoms with E-state index in [2.05, 4.69) is 22.2 Å². The van der Waals surface area contributed by atoms with Crippen LogP contribution in [0.1, 0.15) is 15.9 Å². The highest BCUT2D eigenvalue weighted by Gasteiger charge is 2.17. The Bertz CT molecular complexity index is 836. The SMILES string of the molecule is COc1ccc(N2CCN(C)CC2)cc1NC(=O)c1cccc(C#N)c1. The second kappa shape index (κ2) is 7.89. The van der Waals surface area contributed by atoms with E-state index >= 15 is 0 Å². The van der Waals surface area contributed by atoms with Crippen LogP contribution in [0.4, 0.5) is 11.4 Å². The van der Waals surface area contributed by atoms with E-state index in [1.165, 1.54) is 0 Å². The molecule has 1 heterocycles. The quantitative estimate of drug-likeness (QED) is 0.918. The Kier molecular flexibility index (Phi) is 5.40. The average Bonchev–Trinajstić information content (AvgIpc) is 2.68. The lowest BCUT2D eigenvalue weighted by Gasteiger charge is -2.34. The third kappa shape index (κ3) is 3.95. The number of nitriles is 1. The summed E-state index contributed by atoms with van der Waals surface area (Å²) in [6.07, 6.45) is 0. The van der Waals surface area contributed by atoms with Crippen molar-refractivity contribution in [2.24, 2.45) is 0 Å². The number of hydrogen-bond acceptors (Lipinski definition) is 5. The molecule has 0 spiro atoms. The van der Waals surface area contributed by atoms with Gasteiger partial charge in [-0.3, -0.25) is 4.79 Å². The normalized spacial score (nSPS) is 14.6. The molecule has 6 heteroatoms. The monoisotopic (exact) mass is 350 g/mol. The molecule has 0 saturated carbocycles. The molecule has 26 heavy (non-hydrogen) atoms. The first-order valence-electron chi connectivity index (χ1n) is 8.54. The van der Waals surface area contributed by atoms with Gasteiger partial charge in [-0.25, -0.2) is 0 Å². The molecule has 2 aromatic rings. The van der Waals surface area contributed by atoms with Crippen LogP contribution in [0.5, 0.6) is 5.75 Å². The number of carbonyl (C=O) groups is 1. The highest BCUT2D eigenvalue weighted by atomic mass is 16.5. The van der Waals surface area contributed by atoms with Gasteiger partial charge >= 0.3 is 0 Å². The van der Waals surface area contributed by atoms with Gasteiger partial charge in [0.15, 0.2) is 0 Å². The Balaban J connectivity index is 1.82. The molecule has 0 aliphatic carbocycles. The largest absolute Gasteiger partial charge is 0.495 e. The highest BCUT2D eigenvalue weighted by molar-refractivity contribution is 6.05. The maximum Gasteiger partial charge on any atom is 0.255 e. The number of piperazine rings is 1. The number of rotatable bonds is 4. The molecule has 3 rings (SSSR count). The zero-order valence-corrected chi connectivity index (χ0v) is 15.0. The maximum atomic E-state index is 12.6. The van der Waals surface area contributed by atoms with Crippen molar-refractivity contribution >= 4 is 17.3 Å². The van der Waals surface area contributed by atoms with E-state index in [4.69, 9.17) is 10.00 Å². The Morgan fingerprint density at radius 2 is 1.92 bits per heavy atom. The van der Waals surface area contributed by atoms with E-state index < -0.39 is 0 Å². The fourth-order valence-electron chi connectivity index (χ4n) is 2.98. The molecule has 6 nitrogen and oxygen atoms in total. The third-order valence-corrected chi connectivity index (χ3v) is 4.55. The minimum Gasteiger partial charge on any atom is -0.495 e. The van der Waals surface area contributed by atoms with E-state index in [0.717, 1.165) is 31.9 Å². The van der Waals surface area contributed by atoms with Crippen molar-refractivity contribution in [1.29, 1.82) is 5.26 Å². The first-order valence-corrected chi connectivity index (χ1v) is 8.54. The van der Waals surface area contributed by atoms with E-state index in [0.29, 0.717) is 22.6 Å². The molecule has 0 bridgehead atoms. The third-order valence-electron chi connectivity index (χ3n) is 4.55. The number of anilines is 2. The minimum atomic E-state index is -0.268. The van der Waals surface area contributed by atoms with Gasteiger partial charge in [0, 0.05) is 37.4 Å². The molecule has 0 radical (unpaired) electrons. The van der Waals surface area contributed by atoms with Crippen LogP contribution in [0.3, 0.4) is 0 Å². The van der Waals surface area contributed by atoms with Crippen molar-refractivity contribution in [3.8, 4) is 11.8 Å². The standard InChI is InChI=1S/C20H22N4O2/c1-23-8-10-24(11-9-23)17-6-7-19(26-2)18(13-17)22-20(25)16-5-3-4-15(12-16)14-21/h3-7,12-13H,8-11H2,1-2H3,(H,22,25). The molecule has 2 aromatic carbocycles. The highest BCUT2D eigenvalue weighted by Crippen LogP contribution is 2.30. The van der Waals surface area contributed by atoms with Gasteiger partial charge in [0.05, 0.1) is 24.4 Å². The van der Waals surface area contributed by atoms with Gasteiger partial charge in [0.25, 0.3) is 5.91 Å². The number of ether oxygens (including phenoxy) is 1. The summed E-state index contributed by atoms with van der Waals surface area (Å²) < 4.78 is 5.39. The predicted octanol–water partition coefficient (Wildman–Crippen LogP) is 2.57. The van der Waals surface area contributed by atoms with Gasteiger partial charge in [-0.05, 0) is 43.4 Å². The van der Waals surface area contributed by atoms with Crippen LogP contribution in [0.15, 0.2) is 42.5 Å². The summed E-state index contributed by atoms with van der Waals surface area (Å²) in [5.74, 6) is 0.337. The van der Waals surface area contributed by atoms with Crippen molar-refractivity contribution in [1.82, 2.24) is 4.90 Å². The van der Waals surface area contributed by atoms with Crippen molar-refractivity contribution in [2.45, 2.75) is 0 Å². The zero-order valence-electron chi connectivity index (χ0n) is 15.0. The molecular weight excluding hydrogens is 328 g/mol. The molecule has 0 unspecified atom stereocenters. The van der Waals surface area contributed by atoms with Crippen LogP contribution in [0.2, 0.25) is 0 Å². The Morgan fingerprint density at radius 3 is 2.62 bits per heavy atom. The lowest BCUT2D eigenvalue weighted by Crippen LogP contribution is -2.44. The van der Waals surface area contributed by atoms with Gasteiger partial charge in [0.2, 0.25) is 0 Å². The second-order valence-corrected chi connectivity index (χ2v) is 6.32. The number of likely N-dealkylation sites (N-methyl/N-ethyl adjacent to an activating group) is 1. The zero-order chi connectivity index (χ0) is 18.5. The van der Waals surface area contributed by atoms with Crippen molar-refractivity contribution < 1.29 is 9.53 Å². The second-order valence-electron chi connectivity index (χ2n) is 6.32. The minimum absolute atomic E-state index is 0.268. The summed E-state index contributed by atoms with van der Waals surface area (Å²) in [6, 6.07) is 14.5. The lowest BCUT2D eigenvalue weighted by molar-refractivity contribution is 0.102. The average molecular weight is 350 g/mol. The van der Waals surface area contributed by atoms with Crippen LogP contribution in [0, 0.1) is 11.3 Å². The lowest BCUT2D eigenvalue weighted by atomic mass is 10.1. The Morgan fingerprint density at radius 1 is 1.15 bits per heavy atom. The molecule has 0 aromatic heterocycles. The van der Waals surface area contributed by atoms with Gasteiger partial charge in [0.1, 0.15) is 5.75 Å². The summed E-state index contributed by atoms with van der Waals surface area (Å²) in [4.78, 5) is 17.2. The topological polar surface area (TPSA) is 68.6 Å². The smallest absolute Gasteiger partial charge is 0.255 e. The number of benzene rings is 2. The number of amides is 1. The summed E-state index contributed by atoms with van der Waals surface area (Å²) in [7, 11) is 3.70. The van der Waals surface area contributed by atoms with Crippen molar-refractivity contribution in [3.05, 3.63) is 53.6 Å². The fourth-order valence-corrected chi connectivity index (χ4v) is 2.98. The summed E-state index contributed by atoms with van der Waals surface area (Å²) in [6.45, 7) is 3.91. The van der Waals surface area contributed by atoms with Crippen LogP contribution in [-0.4, -0.2) is 51.1 Å². The predicted molar refractivity (Wildman–Crippen MR) is 102 cm³/mol. The van der Waals surface area contributed by atoms with Crippen molar-refractivity contribution in [2.75, 3.05) is 50.6 Å². The maximum absolute atomic E-state index is 12.6. The summed E-state index contributed by atoms with van der Waals surface area (Å²) in [5.41, 5.74) is 2.57. The fraction of sp³-hybridized carbons (Fsp3) is 0.300. The van der Waals surface area contributed by atoms with Gasteiger partial charge in [-0.2, -0.15) is 5.26 Å². The Hall–Kier alpha value is -3.04. The van der Waals surface area contributed by atoms with Gasteiger partial charge in [-0.15, -0.1) is 0 Å². The number of methoxy groups -OCH3 is 1. The number of nitrogens with zero attached hydrogens (tertiary/aromatic N) is 3. The molecule has 1 saturated heterocycles. The first-order chi connectivity index (χ1) is 12.6. The van der Waals surface area contributed by atoms with Gasteiger partial charge in [-0.1, -0.05) is 6.07 Å². The number of carbonyl (C=O) groups excluding carboxylic acids is 1. The van der Waals surface area contributed by atoms with E-state index in [-0.39, 0.29) is 5.91 Å². The number of nitrogens with one attached hydrogen (secondary N) is 1. The first kappa shape index (κ1) is 17.8. The van der Waals surface area contributed by atoms with E-state index in [1.54, 1.807) is 31.4 Å². The molecular formula is C20H22N4O2. The van der Waals surface area contributed by atoms with E-state index in [9.17, 15) is 4.79 Å². The van der Waals surface area contributed by atoms with Crippen LogP contribution < -0.4 is 15.0 Å². The molecule has 1 aliphatic rings. The number of hydrogen-bond donors (Lipinski definition) is 1. The molecule has 1 aliphatic heterocycles. The van der Waals surface area contributed by atoms with Crippen molar-refractivity contribution in [3.63, 3.8) is 0 Å². The summed E-state index contributed by atoms with van der Waals surface area (Å²) >= 11 is 0. The van der Waals surface area contributed by atoms with Crippen LogP contribution in [0.25, 0.3) is 0 Å².